The number of anilines is 2. The Morgan fingerprint density at radius 1 is 1.22 bits per heavy atom. The van der Waals surface area contributed by atoms with Crippen molar-refractivity contribution in [2.75, 3.05) is 10.2 Å². The van der Waals surface area contributed by atoms with E-state index in [2.05, 4.69) is 26.6 Å². The fourth-order valence-electron chi connectivity index (χ4n) is 2.78. The number of carbonyl (C=O) groups excluding carboxylic acids is 3. The number of nitrogens with one attached hydrogen (secondary N) is 2. The first-order valence-electron chi connectivity index (χ1n) is 8.31. The first kappa shape index (κ1) is 19.0. The summed E-state index contributed by atoms with van der Waals surface area (Å²) < 4.78 is 14.0. The summed E-state index contributed by atoms with van der Waals surface area (Å²) in [5.41, 5.74) is 1.94. The van der Waals surface area contributed by atoms with Gasteiger partial charge in [0.15, 0.2) is 0 Å². The van der Waals surface area contributed by atoms with Gasteiger partial charge in [0.2, 0.25) is 5.91 Å². The number of rotatable bonds is 5. The molecule has 1 heterocycles. The molecule has 1 aliphatic rings. The number of nitrogens with zero attached hydrogens (tertiary/aromatic N) is 1. The third-order valence-electron chi connectivity index (χ3n) is 4.21. The van der Waals surface area contributed by atoms with E-state index in [4.69, 9.17) is 0 Å². The fourth-order valence-corrected chi connectivity index (χ4v) is 3.03. The molecule has 1 fully saturated rings. The zero-order valence-electron chi connectivity index (χ0n) is 14.5. The predicted octanol–water partition coefficient (Wildman–Crippen LogP) is 3.74. The van der Waals surface area contributed by atoms with E-state index in [1.54, 1.807) is 6.07 Å². The molecule has 2 aromatic carbocycles. The quantitative estimate of drug-likeness (QED) is 0.704. The Hall–Kier alpha value is -2.74. The number of halogens is 2. The summed E-state index contributed by atoms with van der Waals surface area (Å²) in [5, 5.41) is 5.33. The number of amides is 4. The lowest BCUT2D eigenvalue weighted by molar-refractivity contribution is -0.119. The Labute approximate surface area is 163 Å². The average Bonchev–Trinajstić information content (AvgIpc) is 2.91. The second-order valence-electron chi connectivity index (χ2n) is 6.20. The van der Waals surface area contributed by atoms with Crippen molar-refractivity contribution in [3.05, 3.63) is 58.3 Å². The Bertz CT molecular complexity index is 902. The van der Waals surface area contributed by atoms with E-state index >= 15 is 0 Å². The largest absolute Gasteiger partial charge is 0.329 e. The molecule has 8 heteroatoms. The first-order chi connectivity index (χ1) is 12.8. The highest BCUT2D eigenvalue weighted by Gasteiger charge is 2.38. The number of benzene rings is 2. The minimum Gasteiger partial charge on any atom is -0.326 e. The van der Waals surface area contributed by atoms with Gasteiger partial charge in [-0.2, -0.15) is 0 Å². The number of hydrogen-bond acceptors (Lipinski definition) is 3. The molecule has 1 atom stereocenters. The smallest absolute Gasteiger partial charge is 0.326 e. The van der Waals surface area contributed by atoms with E-state index in [0.717, 1.165) is 14.9 Å². The second-order valence-corrected chi connectivity index (χ2v) is 7.06. The normalized spacial score (nSPS) is 16.4. The van der Waals surface area contributed by atoms with Gasteiger partial charge in [-0.3, -0.25) is 9.59 Å². The predicted molar refractivity (Wildman–Crippen MR) is 103 cm³/mol. The van der Waals surface area contributed by atoms with Crippen molar-refractivity contribution in [3.8, 4) is 0 Å². The molecule has 2 aromatic rings. The van der Waals surface area contributed by atoms with E-state index in [1.165, 1.54) is 24.3 Å². The Balaban J connectivity index is 1.58. The third kappa shape index (κ3) is 4.33. The highest BCUT2D eigenvalue weighted by molar-refractivity contribution is 9.10. The molecule has 6 nitrogen and oxygen atoms in total. The van der Waals surface area contributed by atoms with Crippen molar-refractivity contribution in [2.45, 2.75) is 25.8 Å². The number of aryl methyl sites for hydroxylation is 1. The maximum Gasteiger partial charge on any atom is 0.329 e. The molecule has 4 amide bonds. The number of urea groups is 1. The SMILES string of the molecule is Cc1cc(NC(=O)CC[C@@H]2NC(=O)N(c3ccc(F)cc3)C2=O)ccc1Br. The van der Waals surface area contributed by atoms with Crippen molar-refractivity contribution in [2.24, 2.45) is 0 Å². The number of imide groups is 1. The van der Waals surface area contributed by atoms with Gasteiger partial charge in [-0.1, -0.05) is 15.9 Å². The molecule has 0 aromatic heterocycles. The second kappa shape index (κ2) is 7.87. The summed E-state index contributed by atoms with van der Waals surface area (Å²) in [5.74, 6) is -1.17. The molecule has 1 saturated heterocycles. The van der Waals surface area contributed by atoms with E-state index < -0.39 is 23.8 Å². The van der Waals surface area contributed by atoms with Crippen LogP contribution in [0.1, 0.15) is 18.4 Å². The molecule has 2 N–H and O–H groups in total. The van der Waals surface area contributed by atoms with Crippen molar-refractivity contribution in [1.82, 2.24) is 5.32 Å². The summed E-state index contributed by atoms with van der Waals surface area (Å²) >= 11 is 3.40. The summed E-state index contributed by atoms with van der Waals surface area (Å²) in [7, 11) is 0. The van der Waals surface area contributed by atoms with E-state index in [-0.39, 0.29) is 24.4 Å². The third-order valence-corrected chi connectivity index (χ3v) is 5.10. The maximum atomic E-state index is 13.0. The monoisotopic (exact) mass is 433 g/mol. The minimum atomic E-state index is -0.792. The van der Waals surface area contributed by atoms with Crippen LogP contribution < -0.4 is 15.5 Å². The van der Waals surface area contributed by atoms with Gasteiger partial charge in [0, 0.05) is 16.6 Å². The molecule has 27 heavy (non-hydrogen) atoms. The van der Waals surface area contributed by atoms with Gasteiger partial charge in [-0.15, -0.1) is 0 Å². The first-order valence-corrected chi connectivity index (χ1v) is 9.10. The molecular weight excluding hydrogens is 417 g/mol. The van der Waals surface area contributed by atoms with Gasteiger partial charge in [0.05, 0.1) is 5.69 Å². The zero-order chi connectivity index (χ0) is 19.6. The molecule has 1 aliphatic heterocycles. The molecule has 0 aliphatic carbocycles. The lowest BCUT2D eigenvalue weighted by atomic mass is 10.1. The minimum absolute atomic E-state index is 0.0725. The summed E-state index contributed by atoms with van der Waals surface area (Å²) in [6.45, 7) is 1.91. The topological polar surface area (TPSA) is 78.5 Å². The number of carbonyl (C=O) groups is 3. The van der Waals surface area contributed by atoms with Crippen LogP contribution in [0.3, 0.4) is 0 Å². The van der Waals surface area contributed by atoms with Crippen molar-refractivity contribution >= 4 is 45.2 Å². The van der Waals surface area contributed by atoms with Crippen LogP contribution in [0.4, 0.5) is 20.6 Å². The molecule has 0 saturated carbocycles. The lowest BCUT2D eigenvalue weighted by Crippen LogP contribution is -2.31. The van der Waals surface area contributed by atoms with E-state index in [0.29, 0.717) is 5.69 Å². The summed E-state index contributed by atoms with van der Waals surface area (Å²) in [6.07, 6.45) is 0.243. The van der Waals surface area contributed by atoms with Crippen LogP contribution >= 0.6 is 15.9 Å². The lowest BCUT2D eigenvalue weighted by Gasteiger charge is -2.13. The van der Waals surface area contributed by atoms with Crippen LogP contribution in [-0.4, -0.2) is 23.9 Å². The zero-order valence-corrected chi connectivity index (χ0v) is 16.0. The molecule has 140 valence electrons. The Morgan fingerprint density at radius 2 is 1.93 bits per heavy atom. The highest BCUT2D eigenvalue weighted by atomic mass is 79.9. The van der Waals surface area contributed by atoms with E-state index in [9.17, 15) is 18.8 Å². The van der Waals surface area contributed by atoms with Crippen LogP contribution in [-0.2, 0) is 9.59 Å². The van der Waals surface area contributed by atoms with Crippen molar-refractivity contribution in [1.29, 1.82) is 0 Å². The van der Waals surface area contributed by atoms with Gasteiger partial charge in [0.1, 0.15) is 11.9 Å². The van der Waals surface area contributed by atoms with Crippen LogP contribution in [0.2, 0.25) is 0 Å². The van der Waals surface area contributed by atoms with Gasteiger partial charge < -0.3 is 10.6 Å². The van der Waals surface area contributed by atoms with Crippen molar-refractivity contribution in [3.63, 3.8) is 0 Å². The summed E-state index contributed by atoms with van der Waals surface area (Å²) in [4.78, 5) is 37.6. The molecule has 0 radical (unpaired) electrons. The maximum absolute atomic E-state index is 13.0. The molecule has 0 bridgehead atoms. The standard InChI is InChI=1S/C19H17BrFN3O3/c1-11-10-13(4-7-15(11)20)22-17(25)9-8-16-18(26)24(19(27)23-16)14-5-2-12(21)3-6-14/h2-7,10,16H,8-9H2,1H3,(H,22,25)(H,23,27)/t16-/m0/s1. The highest BCUT2D eigenvalue weighted by Crippen LogP contribution is 2.22. The Kier molecular flexibility index (Phi) is 5.55. The molecule has 0 unspecified atom stereocenters. The van der Waals surface area contributed by atoms with Gasteiger partial charge >= 0.3 is 6.03 Å². The number of hydrogen-bond donors (Lipinski definition) is 2. The molecular formula is C19H17BrFN3O3. The van der Waals surface area contributed by atoms with Crippen molar-refractivity contribution < 1.29 is 18.8 Å². The van der Waals surface area contributed by atoms with Gasteiger partial charge in [0.25, 0.3) is 5.91 Å². The van der Waals surface area contributed by atoms with E-state index in [1.807, 2.05) is 19.1 Å². The molecule has 3 rings (SSSR count). The van der Waals surface area contributed by atoms with Gasteiger partial charge in [-0.25, -0.2) is 14.1 Å². The van der Waals surface area contributed by atoms with Crippen LogP contribution in [0, 0.1) is 12.7 Å². The average molecular weight is 434 g/mol. The summed E-state index contributed by atoms with van der Waals surface area (Å²) in [6, 6.07) is 9.14. The van der Waals surface area contributed by atoms with Gasteiger partial charge in [-0.05, 0) is 61.4 Å². The van der Waals surface area contributed by atoms with Crippen LogP contribution in [0.15, 0.2) is 46.9 Å². The molecule has 0 spiro atoms. The van der Waals surface area contributed by atoms with Crippen LogP contribution in [0.5, 0.6) is 0 Å². The Morgan fingerprint density at radius 3 is 2.59 bits per heavy atom. The van der Waals surface area contributed by atoms with Crippen LogP contribution in [0.25, 0.3) is 0 Å². The fraction of sp³-hybridized carbons (Fsp3) is 0.211.